The van der Waals surface area contributed by atoms with Gasteiger partial charge >= 0.3 is 0 Å². The number of carbonyl (C=O) groups excluding carboxylic acids is 1. The van der Waals surface area contributed by atoms with E-state index in [1.165, 1.54) is 30.4 Å². The summed E-state index contributed by atoms with van der Waals surface area (Å²) >= 11 is 0. The standard InChI is InChI=1S/C24H32N2O4S/c1-18-4-6-20(7-5-18)8-9-21-14-16-26(17-15-21)24(27)19(2)25-31(28,29)23-12-10-22(30-3)11-13-23/h4-7,10-13,19,21,25H,8-9,14-17H2,1-3H3/t19-/m0/s1. The Bertz CT molecular complexity index is 964. The number of nitrogens with one attached hydrogen (secondary N) is 1. The Labute approximate surface area is 185 Å². The molecule has 0 aliphatic carbocycles. The Balaban J connectivity index is 1.48. The summed E-state index contributed by atoms with van der Waals surface area (Å²) in [5.74, 6) is 0.999. The number of amides is 1. The molecular weight excluding hydrogens is 412 g/mol. The molecular formula is C24H32N2O4S. The number of ether oxygens (including phenoxy) is 1. The molecule has 1 aliphatic rings. The van der Waals surface area contributed by atoms with E-state index in [0.29, 0.717) is 24.8 Å². The van der Waals surface area contributed by atoms with E-state index in [2.05, 4.69) is 35.9 Å². The van der Waals surface area contributed by atoms with Crippen LogP contribution in [0.15, 0.2) is 53.4 Å². The second-order valence-electron chi connectivity index (χ2n) is 8.31. The zero-order valence-electron chi connectivity index (χ0n) is 18.5. The van der Waals surface area contributed by atoms with Gasteiger partial charge in [-0.05, 0) is 75.3 Å². The van der Waals surface area contributed by atoms with E-state index in [0.717, 1.165) is 25.7 Å². The molecule has 1 saturated heterocycles. The normalized spacial score (nSPS) is 16.2. The lowest BCUT2D eigenvalue weighted by molar-refractivity contribution is -0.134. The van der Waals surface area contributed by atoms with E-state index in [1.807, 2.05) is 0 Å². The Morgan fingerprint density at radius 3 is 2.29 bits per heavy atom. The third-order valence-electron chi connectivity index (χ3n) is 5.96. The first-order valence-electron chi connectivity index (χ1n) is 10.8. The monoisotopic (exact) mass is 444 g/mol. The fraction of sp³-hybridized carbons (Fsp3) is 0.458. The smallest absolute Gasteiger partial charge is 0.241 e. The van der Waals surface area contributed by atoms with Gasteiger partial charge < -0.3 is 9.64 Å². The molecule has 7 heteroatoms. The van der Waals surface area contributed by atoms with Gasteiger partial charge in [-0.3, -0.25) is 4.79 Å². The molecule has 2 aromatic carbocycles. The molecule has 6 nitrogen and oxygen atoms in total. The molecule has 0 unspecified atom stereocenters. The van der Waals surface area contributed by atoms with E-state index in [1.54, 1.807) is 24.0 Å². The highest BCUT2D eigenvalue weighted by atomic mass is 32.2. The second kappa shape index (κ2) is 10.3. The van der Waals surface area contributed by atoms with Crippen LogP contribution in [0.3, 0.4) is 0 Å². The summed E-state index contributed by atoms with van der Waals surface area (Å²) in [4.78, 5) is 14.7. The van der Waals surface area contributed by atoms with Crippen LogP contribution < -0.4 is 9.46 Å². The first-order chi connectivity index (χ1) is 14.8. The Hall–Kier alpha value is -2.38. The molecule has 1 N–H and O–H groups in total. The molecule has 1 heterocycles. The number of benzene rings is 2. The first kappa shape index (κ1) is 23.3. The zero-order chi connectivity index (χ0) is 22.4. The van der Waals surface area contributed by atoms with Crippen molar-refractivity contribution in [2.24, 2.45) is 5.92 Å². The van der Waals surface area contributed by atoms with Crippen LogP contribution in [-0.4, -0.2) is 45.5 Å². The number of aryl methyl sites for hydroxylation is 2. The number of piperidine rings is 1. The van der Waals surface area contributed by atoms with Crippen LogP contribution in [0.4, 0.5) is 0 Å². The van der Waals surface area contributed by atoms with Crippen LogP contribution >= 0.6 is 0 Å². The van der Waals surface area contributed by atoms with Crippen LogP contribution in [0.2, 0.25) is 0 Å². The lowest BCUT2D eigenvalue weighted by Gasteiger charge is -2.33. The van der Waals surface area contributed by atoms with Gasteiger partial charge in [0.1, 0.15) is 5.75 Å². The van der Waals surface area contributed by atoms with E-state index in [-0.39, 0.29) is 10.8 Å². The predicted molar refractivity (Wildman–Crippen MR) is 122 cm³/mol. The van der Waals surface area contributed by atoms with Crippen molar-refractivity contribution < 1.29 is 17.9 Å². The van der Waals surface area contributed by atoms with Crippen molar-refractivity contribution in [1.29, 1.82) is 0 Å². The van der Waals surface area contributed by atoms with Gasteiger partial charge in [0.15, 0.2) is 0 Å². The summed E-state index contributed by atoms with van der Waals surface area (Å²) in [5, 5.41) is 0. The molecule has 0 spiro atoms. The molecule has 0 aromatic heterocycles. The molecule has 1 atom stereocenters. The summed E-state index contributed by atoms with van der Waals surface area (Å²) in [6.07, 6.45) is 4.08. The topological polar surface area (TPSA) is 75.7 Å². The van der Waals surface area contributed by atoms with Gasteiger partial charge in [-0.25, -0.2) is 8.42 Å². The van der Waals surface area contributed by atoms with Crippen molar-refractivity contribution in [3.8, 4) is 5.75 Å². The minimum Gasteiger partial charge on any atom is -0.497 e. The summed E-state index contributed by atoms with van der Waals surface area (Å²) in [6, 6.07) is 14.0. The van der Waals surface area contributed by atoms with Crippen LogP contribution in [0.25, 0.3) is 0 Å². The summed E-state index contributed by atoms with van der Waals surface area (Å²) in [5.41, 5.74) is 2.62. The Kier molecular flexibility index (Phi) is 7.73. The number of rotatable bonds is 8. The minimum absolute atomic E-state index is 0.114. The van der Waals surface area contributed by atoms with Crippen molar-refractivity contribution >= 4 is 15.9 Å². The van der Waals surface area contributed by atoms with Crippen molar-refractivity contribution in [1.82, 2.24) is 9.62 Å². The molecule has 1 aliphatic heterocycles. The lowest BCUT2D eigenvalue weighted by atomic mass is 9.90. The molecule has 1 amide bonds. The fourth-order valence-corrected chi connectivity index (χ4v) is 5.14. The minimum atomic E-state index is -3.77. The van der Waals surface area contributed by atoms with E-state index < -0.39 is 16.1 Å². The lowest BCUT2D eigenvalue weighted by Crippen LogP contribution is -2.49. The van der Waals surface area contributed by atoms with Crippen molar-refractivity contribution in [3.05, 3.63) is 59.7 Å². The highest BCUT2D eigenvalue weighted by molar-refractivity contribution is 7.89. The van der Waals surface area contributed by atoms with Gasteiger partial charge in [-0.15, -0.1) is 0 Å². The van der Waals surface area contributed by atoms with Crippen molar-refractivity contribution in [3.63, 3.8) is 0 Å². The van der Waals surface area contributed by atoms with Gasteiger partial charge in [0.2, 0.25) is 15.9 Å². The maximum atomic E-state index is 12.8. The molecule has 0 bridgehead atoms. The number of likely N-dealkylation sites (tertiary alicyclic amines) is 1. The maximum Gasteiger partial charge on any atom is 0.241 e. The zero-order valence-corrected chi connectivity index (χ0v) is 19.3. The third kappa shape index (κ3) is 6.31. The van der Waals surface area contributed by atoms with Gasteiger partial charge in [0, 0.05) is 13.1 Å². The number of hydrogen-bond acceptors (Lipinski definition) is 4. The van der Waals surface area contributed by atoms with Gasteiger partial charge in [-0.2, -0.15) is 4.72 Å². The van der Waals surface area contributed by atoms with Gasteiger partial charge in [0.05, 0.1) is 18.0 Å². The summed E-state index contributed by atoms with van der Waals surface area (Å²) in [7, 11) is -2.25. The van der Waals surface area contributed by atoms with Gasteiger partial charge in [0.25, 0.3) is 0 Å². The number of hydrogen-bond donors (Lipinski definition) is 1. The quantitative estimate of drug-likeness (QED) is 0.676. The number of nitrogens with zero attached hydrogens (tertiary/aromatic N) is 1. The van der Waals surface area contributed by atoms with Crippen LogP contribution in [0.1, 0.15) is 37.3 Å². The van der Waals surface area contributed by atoms with Crippen LogP contribution in [0, 0.1) is 12.8 Å². The fourth-order valence-electron chi connectivity index (χ4n) is 3.95. The van der Waals surface area contributed by atoms with Crippen molar-refractivity contribution in [2.45, 2.75) is 50.5 Å². The number of sulfonamides is 1. The first-order valence-corrected chi connectivity index (χ1v) is 12.3. The molecule has 0 radical (unpaired) electrons. The average Bonchev–Trinajstić information content (AvgIpc) is 2.78. The van der Waals surface area contributed by atoms with E-state index in [9.17, 15) is 13.2 Å². The van der Waals surface area contributed by atoms with E-state index in [4.69, 9.17) is 4.74 Å². The highest BCUT2D eigenvalue weighted by Crippen LogP contribution is 2.23. The Morgan fingerprint density at radius 2 is 1.71 bits per heavy atom. The number of methoxy groups -OCH3 is 1. The number of carbonyl (C=O) groups is 1. The Morgan fingerprint density at radius 1 is 1.10 bits per heavy atom. The van der Waals surface area contributed by atoms with Crippen LogP contribution in [0.5, 0.6) is 5.75 Å². The predicted octanol–water partition coefficient (Wildman–Crippen LogP) is 3.54. The van der Waals surface area contributed by atoms with Crippen LogP contribution in [-0.2, 0) is 21.2 Å². The molecule has 0 saturated carbocycles. The molecule has 168 valence electrons. The summed E-state index contributed by atoms with van der Waals surface area (Å²) < 4.78 is 32.8. The molecule has 31 heavy (non-hydrogen) atoms. The second-order valence-corrected chi connectivity index (χ2v) is 10.0. The van der Waals surface area contributed by atoms with E-state index >= 15 is 0 Å². The van der Waals surface area contributed by atoms with Crippen molar-refractivity contribution in [2.75, 3.05) is 20.2 Å². The SMILES string of the molecule is COc1ccc(S(=O)(=O)N[C@@H](C)C(=O)N2CCC(CCc3ccc(C)cc3)CC2)cc1. The largest absolute Gasteiger partial charge is 0.497 e. The van der Waals surface area contributed by atoms with Gasteiger partial charge in [-0.1, -0.05) is 29.8 Å². The molecule has 2 aromatic rings. The average molecular weight is 445 g/mol. The molecule has 1 fully saturated rings. The summed E-state index contributed by atoms with van der Waals surface area (Å²) in [6.45, 7) is 5.04. The highest BCUT2D eigenvalue weighted by Gasteiger charge is 2.28. The maximum absolute atomic E-state index is 12.8. The third-order valence-corrected chi connectivity index (χ3v) is 7.52. The molecule has 3 rings (SSSR count).